The molecule has 23 heavy (non-hydrogen) atoms. The quantitative estimate of drug-likeness (QED) is 0.739. The topological polar surface area (TPSA) is 55.8 Å². The third-order valence-electron chi connectivity index (χ3n) is 3.24. The van der Waals surface area contributed by atoms with Crippen LogP contribution in [0.15, 0.2) is 53.0 Å². The summed E-state index contributed by atoms with van der Waals surface area (Å²) in [6.45, 7) is 2.51. The molecule has 0 amide bonds. The fourth-order valence-corrected chi connectivity index (χ4v) is 2.58. The van der Waals surface area contributed by atoms with Crippen LogP contribution in [-0.2, 0) is 16.1 Å². The van der Waals surface area contributed by atoms with Crippen molar-refractivity contribution >= 4 is 21.9 Å². The second kappa shape index (κ2) is 8.70. The third-order valence-corrected chi connectivity index (χ3v) is 3.86. The highest BCUT2D eigenvalue weighted by Gasteiger charge is 2.15. The Hall–Kier alpha value is -1.85. The summed E-state index contributed by atoms with van der Waals surface area (Å²) in [4.78, 5) is 11.4. The summed E-state index contributed by atoms with van der Waals surface area (Å²) >= 11 is 3.43. The molecule has 0 aliphatic heterocycles. The molecule has 1 unspecified atom stereocenters. The molecule has 5 heteroatoms. The number of aliphatic hydroxyl groups excluding tert-OH is 1. The molecule has 0 aliphatic rings. The van der Waals surface area contributed by atoms with E-state index in [1.54, 1.807) is 25.1 Å². The second-order valence-electron chi connectivity index (χ2n) is 4.99. The summed E-state index contributed by atoms with van der Waals surface area (Å²) in [6.07, 6.45) is -0.960. The van der Waals surface area contributed by atoms with Crippen molar-refractivity contribution in [2.24, 2.45) is 0 Å². The smallest absolute Gasteiger partial charge is 0.308 e. The van der Waals surface area contributed by atoms with Gasteiger partial charge in [-0.2, -0.15) is 0 Å². The molecule has 0 bridgehead atoms. The van der Waals surface area contributed by atoms with Gasteiger partial charge in [-0.3, -0.25) is 4.79 Å². The largest absolute Gasteiger partial charge is 0.488 e. The van der Waals surface area contributed by atoms with Gasteiger partial charge in [-0.1, -0.05) is 36.4 Å². The number of aliphatic hydroxyl groups is 1. The summed E-state index contributed by atoms with van der Waals surface area (Å²) in [6, 6.07) is 15.1. The maximum Gasteiger partial charge on any atom is 0.308 e. The standard InChI is InChI=1S/C18H19BrO4/c1-2-22-18(21)11-16(20)14-8-9-17(15(19)10-14)23-12-13-6-4-3-5-7-13/h3-10,16,20H,2,11-12H2,1H3. The molecule has 2 aromatic rings. The molecular weight excluding hydrogens is 360 g/mol. The SMILES string of the molecule is CCOC(=O)CC(O)c1ccc(OCc2ccccc2)c(Br)c1. The Kier molecular flexibility index (Phi) is 6.62. The monoisotopic (exact) mass is 378 g/mol. The molecular formula is C18H19BrO4. The third kappa shape index (κ3) is 5.37. The van der Waals surface area contributed by atoms with Crippen molar-refractivity contribution < 1.29 is 19.4 Å². The van der Waals surface area contributed by atoms with E-state index < -0.39 is 12.1 Å². The number of esters is 1. The van der Waals surface area contributed by atoms with Crippen molar-refractivity contribution in [3.8, 4) is 5.75 Å². The lowest BCUT2D eigenvalue weighted by Crippen LogP contribution is -2.10. The molecule has 0 heterocycles. The Balaban J connectivity index is 1.98. The van der Waals surface area contributed by atoms with Crippen molar-refractivity contribution in [1.29, 1.82) is 0 Å². The van der Waals surface area contributed by atoms with Gasteiger partial charge in [-0.25, -0.2) is 0 Å². The van der Waals surface area contributed by atoms with Crippen molar-refractivity contribution in [3.63, 3.8) is 0 Å². The summed E-state index contributed by atoms with van der Waals surface area (Å²) in [5, 5.41) is 10.1. The van der Waals surface area contributed by atoms with Crippen LogP contribution in [-0.4, -0.2) is 17.7 Å². The van der Waals surface area contributed by atoms with Crippen molar-refractivity contribution in [2.75, 3.05) is 6.61 Å². The summed E-state index contributed by atoms with van der Waals surface area (Å²) in [7, 11) is 0. The Morgan fingerprint density at radius 2 is 1.96 bits per heavy atom. The van der Waals surface area contributed by atoms with Crippen molar-refractivity contribution in [3.05, 3.63) is 64.1 Å². The van der Waals surface area contributed by atoms with Crippen LogP contribution in [0.1, 0.15) is 30.6 Å². The maximum absolute atomic E-state index is 11.4. The molecule has 1 atom stereocenters. The number of hydrogen-bond acceptors (Lipinski definition) is 4. The highest BCUT2D eigenvalue weighted by atomic mass is 79.9. The van der Waals surface area contributed by atoms with Crippen molar-refractivity contribution in [2.45, 2.75) is 26.1 Å². The molecule has 1 N–H and O–H groups in total. The highest BCUT2D eigenvalue weighted by Crippen LogP contribution is 2.30. The number of halogens is 1. The number of rotatable bonds is 7. The lowest BCUT2D eigenvalue weighted by molar-refractivity contribution is -0.145. The van der Waals surface area contributed by atoms with E-state index in [4.69, 9.17) is 9.47 Å². The minimum atomic E-state index is -0.895. The zero-order valence-electron chi connectivity index (χ0n) is 12.9. The normalized spacial score (nSPS) is 11.8. The fourth-order valence-electron chi connectivity index (χ4n) is 2.07. The van der Waals surface area contributed by atoms with Gasteiger partial charge in [-0.05, 0) is 46.1 Å². The average Bonchev–Trinajstić information content (AvgIpc) is 2.54. The van der Waals surface area contributed by atoms with Gasteiger partial charge in [-0.15, -0.1) is 0 Å². The summed E-state index contributed by atoms with van der Waals surface area (Å²) in [5.74, 6) is 0.265. The molecule has 0 aliphatic carbocycles. The minimum absolute atomic E-state index is 0.0650. The van der Waals surface area contributed by atoms with Gasteiger partial charge in [0.25, 0.3) is 0 Å². The Labute approximate surface area is 144 Å². The molecule has 4 nitrogen and oxygen atoms in total. The van der Waals surface area contributed by atoms with Crippen LogP contribution >= 0.6 is 15.9 Å². The van der Waals surface area contributed by atoms with Gasteiger partial charge in [0, 0.05) is 0 Å². The molecule has 122 valence electrons. The van der Waals surface area contributed by atoms with E-state index in [1.807, 2.05) is 30.3 Å². The minimum Gasteiger partial charge on any atom is -0.488 e. The lowest BCUT2D eigenvalue weighted by Gasteiger charge is -2.13. The molecule has 0 radical (unpaired) electrons. The molecule has 2 rings (SSSR count). The van der Waals surface area contributed by atoms with E-state index in [0.717, 1.165) is 10.0 Å². The summed E-state index contributed by atoms with van der Waals surface area (Å²) in [5.41, 5.74) is 1.71. The molecule has 0 fully saturated rings. The number of carbonyl (C=O) groups is 1. The maximum atomic E-state index is 11.4. The Morgan fingerprint density at radius 3 is 2.61 bits per heavy atom. The Bertz CT molecular complexity index is 643. The van der Waals surface area contributed by atoms with Crippen LogP contribution in [0.25, 0.3) is 0 Å². The zero-order valence-corrected chi connectivity index (χ0v) is 14.5. The van der Waals surface area contributed by atoms with Crippen LogP contribution in [0.5, 0.6) is 5.75 Å². The molecule has 0 aromatic heterocycles. The van der Waals surface area contributed by atoms with E-state index in [-0.39, 0.29) is 6.42 Å². The highest BCUT2D eigenvalue weighted by molar-refractivity contribution is 9.10. The van der Waals surface area contributed by atoms with Crippen LogP contribution < -0.4 is 4.74 Å². The second-order valence-corrected chi connectivity index (χ2v) is 5.84. The van der Waals surface area contributed by atoms with E-state index in [0.29, 0.717) is 24.5 Å². The number of hydrogen-bond donors (Lipinski definition) is 1. The Morgan fingerprint density at radius 1 is 1.22 bits per heavy atom. The first kappa shape index (κ1) is 17.5. The van der Waals surface area contributed by atoms with Crippen LogP contribution in [0.3, 0.4) is 0 Å². The molecule has 0 saturated carbocycles. The van der Waals surface area contributed by atoms with Crippen molar-refractivity contribution in [1.82, 2.24) is 0 Å². The lowest BCUT2D eigenvalue weighted by atomic mass is 10.1. The first-order valence-electron chi connectivity index (χ1n) is 7.40. The van der Waals surface area contributed by atoms with Crippen LogP contribution in [0, 0.1) is 0 Å². The average molecular weight is 379 g/mol. The van der Waals surface area contributed by atoms with Crippen LogP contribution in [0.2, 0.25) is 0 Å². The van der Waals surface area contributed by atoms with E-state index >= 15 is 0 Å². The predicted molar refractivity (Wildman–Crippen MR) is 91.1 cm³/mol. The predicted octanol–water partition coefficient (Wildman–Crippen LogP) is 4.01. The molecule has 0 saturated heterocycles. The van der Waals surface area contributed by atoms with Gasteiger partial charge < -0.3 is 14.6 Å². The zero-order chi connectivity index (χ0) is 16.7. The van der Waals surface area contributed by atoms with Gasteiger partial charge in [0.15, 0.2) is 0 Å². The first-order chi connectivity index (χ1) is 11.1. The van der Waals surface area contributed by atoms with Gasteiger partial charge in [0.1, 0.15) is 12.4 Å². The molecule has 2 aromatic carbocycles. The van der Waals surface area contributed by atoms with E-state index in [2.05, 4.69) is 15.9 Å². The van der Waals surface area contributed by atoms with Gasteiger partial charge in [0.2, 0.25) is 0 Å². The van der Waals surface area contributed by atoms with E-state index in [9.17, 15) is 9.90 Å². The number of carbonyl (C=O) groups excluding carboxylic acids is 1. The number of benzene rings is 2. The summed E-state index contributed by atoms with van der Waals surface area (Å²) < 4.78 is 11.3. The van der Waals surface area contributed by atoms with Gasteiger partial charge >= 0.3 is 5.97 Å². The first-order valence-corrected chi connectivity index (χ1v) is 8.19. The van der Waals surface area contributed by atoms with E-state index in [1.165, 1.54) is 0 Å². The fraction of sp³-hybridized carbons (Fsp3) is 0.278. The molecule has 0 spiro atoms. The number of ether oxygens (including phenoxy) is 2. The van der Waals surface area contributed by atoms with Gasteiger partial charge in [0.05, 0.1) is 23.6 Å². The van der Waals surface area contributed by atoms with Crippen LogP contribution in [0.4, 0.5) is 0 Å².